The van der Waals surface area contributed by atoms with Crippen molar-refractivity contribution in [3.05, 3.63) is 0 Å². The molecule has 1 rings (SSSR count). The van der Waals surface area contributed by atoms with Crippen molar-refractivity contribution < 1.29 is 33.8 Å². The van der Waals surface area contributed by atoms with E-state index in [4.69, 9.17) is 19.6 Å². The molecule has 0 spiro atoms. The quantitative estimate of drug-likeness (QED) is 0.425. The zero-order chi connectivity index (χ0) is 15.6. The lowest BCUT2D eigenvalue weighted by Gasteiger charge is -2.30. The Morgan fingerprint density at radius 3 is 2.20 bits per heavy atom. The fourth-order valence-corrected chi connectivity index (χ4v) is 4.67. The molecule has 0 aliphatic carbocycles. The molecule has 0 amide bonds. The highest BCUT2D eigenvalue weighted by Crippen LogP contribution is 2.68. The summed E-state index contributed by atoms with van der Waals surface area (Å²) in [6.45, 7) is 3.56. The van der Waals surface area contributed by atoms with E-state index in [-0.39, 0.29) is 6.54 Å². The molecule has 5 N–H and O–H groups in total. The highest BCUT2D eigenvalue weighted by molar-refractivity contribution is 7.72. The Balaban J connectivity index is 2.66. The van der Waals surface area contributed by atoms with Gasteiger partial charge < -0.3 is 29.6 Å². The van der Waals surface area contributed by atoms with E-state index in [1.807, 2.05) is 4.90 Å². The first-order valence-corrected chi connectivity index (χ1v) is 9.79. The summed E-state index contributed by atoms with van der Waals surface area (Å²) in [6.07, 6.45) is 2.41. The predicted octanol–water partition coefficient (Wildman–Crippen LogP) is 0.500. The van der Waals surface area contributed by atoms with Crippen LogP contribution in [-0.4, -0.2) is 54.3 Å². The van der Waals surface area contributed by atoms with E-state index in [2.05, 4.69) is 6.92 Å². The Hall–Kier alpha value is 0.220. The molecule has 1 heterocycles. The summed E-state index contributed by atoms with van der Waals surface area (Å²) >= 11 is 0. The summed E-state index contributed by atoms with van der Waals surface area (Å²) in [4.78, 5) is 38.0. The van der Waals surface area contributed by atoms with E-state index in [0.717, 1.165) is 25.8 Å². The van der Waals surface area contributed by atoms with Crippen LogP contribution >= 0.6 is 15.2 Å². The molecule has 1 fully saturated rings. The molecular weight excluding hydrogens is 308 g/mol. The van der Waals surface area contributed by atoms with Gasteiger partial charge >= 0.3 is 15.2 Å². The van der Waals surface area contributed by atoms with Gasteiger partial charge in [0.25, 0.3) is 5.08 Å². The topological polar surface area (TPSA) is 139 Å². The Labute approximate surface area is 118 Å². The van der Waals surface area contributed by atoms with Crippen LogP contribution in [0.1, 0.15) is 32.6 Å². The monoisotopic (exact) mass is 331 g/mol. The molecule has 0 aromatic heterocycles. The minimum absolute atomic E-state index is 0.0485. The van der Waals surface area contributed by atoms with Crippen molar-refractivity contribution in [3.8, 4) is 0 Å². The molecule has 1 aliphatic rings. The summed E-state index contributed by atoms with van der Waals surface area (Å²) in [5.74, 6) is 0.498. The second-order valence-electron chi connectivity index (χ2n) is 5.36. The van der Waals surface area contributed by atoms with Crippen molar-refractivity contribution in [3.63, 3.8) is 0 Å². The van der Waals surface area contributed by atoms with Crippen LogP contribution in [0.4, 0.5) is 0 Å². The Morgan fingerprint density at radius 2 is 1.75 bits per heavy atom. The Kier molecular flexibility index (Phi) is 5.98. The van der Waals surface area contributed by atoms with Crippen molar-refractivity contribution in [2.24, 2.45) is 5.92 Å². The second kappa shape index (κ2) is 6.55. The van der Waals surface area contributed by atoms with Crippen molar-refractivity contribution >= 4 is 15.2 Å². The van der Waals surface area contributed by atoms with Crippen LogP contribution < -0.4 is 0 Å². The van der Waals surface area contributed by atoms with Gasteiger partial charge in [-0.15, -0.1) is 0 Å². The molecule has 8 nitrogen and oxygen atoms in total. The molecule has 1 unspecified atom stereocenters. The van der Waals surface area contributed by atoms with E-state index in [0.29, 0.717) is 12.5 Å². The first kappa shape index (κ1) is 18.3. The lowest BCUT2D eigenvalue weighted by Crippen LogP contribution is -2.34. The van der Waals surface area contributed by atoms with Gasteiger partial charge in [-0.1, -0.05) is 13.3 Å². The molecule has 10 heteroatoms. The van der Waals surface area contributed by atoms with Gasteiger partial charge in [0, 0.05) is 19.5 Å². The average molecular weight is 331 g/mol. The molecule has 0 saturated carbocycles. The molecule has 120 valence electrons. The minimum atomic E-state index is -5.33. The smallest absolute Gasteiger partial charge is 0.367 e. The van der Waals surface area contributed by atoms with Crippen LogP contribution in [-0.2, 0) is 9.13 Å². The fourth-order valence-electron chi connectivity index (χ4n) is 2.53. The highest BCUT2D eigenvalue weighted by Gasteiger charge is 2.59. The molecular formula is C10H23NO7P2. The maximum absolute atomic E-state index is 11.2. The number of nitrogens with zero attached hydrogens (tertiary/aromatic N) is 1. The van der Waals surface area contributed by atoms with Gasteiger partial charge in [0.1, 0.15) is 0 Å². The Morgan fingerprint density at radius 1 is 1.20 bits per heavy atom. The average Bonchev–Trinajstić information content (AvgIpc) is 2.71. The highest BCUT2D eigenvalue weighted by atomic mass is 31.2. The third kappa shape index (κ3) is 4.12. The van der Waals surface area contributed by atoms with Crippen LogP contribution in [0.15, 0.2) is 0 Å². The van der Waals surface area contributed by atoms with Gasteiger partial charge in [0.15, 0.2) is 0 Å². The van der Waals surface area contributed by atoms with E-state index >= 15 is 0 Å². The molecule has 1 atom stereocenters. The minimum Gasteiger partial charge on any atom is -0.367 e. The zero-order valence-electron chi connectivity index (χ0n) is 11.4. The second-order valence-corrected chi connectivity index (χ2v) is 9.36. The molecule has 20 heavy (non-hydrogen) atoms. The van der Waals surface area contributed by atoms with Crippen molar-refractivity contribution in [2.45, 2.75) is 37.7 Å². The van der Waals surface area contributed by atoms with E-state index in [1.165, 1.54) is 0 Å². The van der Waals surface area contributed by atoms with Gasteiger partial charge in [0.2, 0.25) is 0 Å². The summed E-state index contributed by atoms with van der Waals surface area (Å²) < 4.78 is 22.4. The van der Waals surface area contributed by atoms with Gasteiger partial charge in [-0.25, -0.2) is 0 Å². The first-order valence-electron chi connectivity index (χ1n) is 6.57. The third-order valence-corrected chi connectivity index (χ3v) is 7.64. The lowest BCUT2D eigenvalue weighted by atomic mass is 10.0. The van der Waals surface area contributed by atoms with E-state index < -0.39 is 26.7 Å². The van der Waals surface area contributed by atoms with Gasteiger partial charge in [-0.2, -0.15) is 0 Å². The lowest BCUT2D eigenvalue weighted by molar-refractivity contribution is 0.111. The molecule has 0 aromatic rings. The molecule has 1 aliphatic heterocycles. The zero-order valence-corrected chi connectivity index (χ0v) is 13.2. The Bertz CT molecular complexity index is 396. The standard InChI is InChI=1S/C10H23NO7P2/c1-2-3-9-4-6-11(8-9)7-5-10(12,19(13,14)15)20(16,17)18/h9,12H,2-8H2,1H3,(H2,13,14,15)(H2,16,17,18). The number of aliphatic hydroxyl groups is 1. The maximum atomic E-state index is 11.2. The summed E-state index contributed by atoms with van der Waals surface area (Å²) in [6, 6.07) is 0. The molecule has 0 radical (unpaired) electrons. The summed E-state index contributed by atoms with van der Waals surface area (Å²) in [5.41, 5.74) is 0. The van der Waals surface area contributed by atoms with E-state index in [1.54, 1.807) is 0 Å². The van der Waals surface area contributed by atoms with Crippen molar-refractivity contribution in [1.82, 2.24) is 4.90 Å². The number of hydrogen-bond acceptors (Lipinski definition) is 4. The van der Waals surface area contributed by atoms with Crippen LogP contribution in [0.3, 0.4) is 0 Å². The molecule has 1 saturated heterocycles. The predicted molar refractivity (Wildman–Crippen MR) is 73.1 cm³/mol. The number of hydrogen-bond donors (Lipinski definition) is 5. The first-order chi connectivity index (χ1) is 9.01. The van der Waals surface area contributed by atoms with Crippen molar-refractivity contribution in [1.29, 1.82) is 0 Å². The van der Waals surface area contributed by atoms with Crippen molar-refractivity contribution in [2.75, 3.05) is 19.6 Å². The van der Waals surface area contributed by atoms with Crippen LogP contribution in [0.2, 0.25) is 0 Å². The maximum Gasteiger partial charge on any atom is 0.369 e. The number of likely N-dealkylation sites (tertiary alicyclic amines) is 1. The van der Waals surface area contributed by atoms with Gasteiger partial charge in [-0.3, -0.25) is 9.13 Å². The normalized spacial score (nSPS) is 22.4. The SMILES string of the molecule is CCCC1CCN(CCC(O)(P(=O)(O)O)P(=O)(O)O)C1. The summed E-state index contributed by atoms with van der Waals surface area (Å²) in [7, 11) is -10.7. The van der Waals surface area contributed by atoms with Crippen LogP contribution in [0, 0.1) is 5.92 Å². The van der Waals surface area contributed by atoms with Gasteiger partial charge in [-0.05, 0) is 25.3 Å². The molecule has 0 aromatic carbocycles. The number of rotatable bonds is 7. The third-order valence-electron chi connectivity index (χ3n) is 3.76. The molecule has 0 bridgehead atoms. The van der Waals surface area contributed by atoms with E-state index in [9.17, 15) is 14.2 Å². The summed E-state index contributed by atoms with van der Waals surface area (Å²) in [5, 5.41) is 6.47. The van der Waals surface area contributed by atoms with Crippen LogP contribution in [0.5, 0.6) is 0 Å². The fraction of sp³-hybridized carbons (Fsp3) is 1.00. The largest absolute Gasteiger partial charge is 0.369 e. The van der Waals surface area contributed by atoms with Crippen LogP contribution in [0.25, 0.3) is 0 Å². The van der Waals surface area contributed by atoms with Gasteiger partial charge in [0.05, 0.1) is 0 Å².